The fraction of sp³-hybridized carbons (Fsp3) is 0.333. The number of hydrogen-bond donors (Lipinski definition) is 1. The van der Waals surface area contributed by atoms with Crippen LogP contribution >= 0.6 is 11.3 Å². The second kappa shape index (κ2) is 6.23. The molecular formula is C15H16N4O2S. The van der Waals surface area contributed by atoms with Crippen molar-refractivity contribution in [2.45, 2.75) is 18.9 Å². The van der Waals surface area contributed by atoms with Crippen molar-refractivity contribution in [1.29, 1.82) is 0 Å². The summed E-state index contributed by atoms with van der Waals surface area (Å²) in [5, 5.41) is 3.41. The van der Waals surface area contributed by atoms with E-state index in [9.17, 15) is 9.59 Å². The van der Waals surface area contributed by atoms with Gasteiger partial charge >= 0.3 is 0 Å². The van der Waals surface area contributed by atoms with Gasteiger partial charge in [-0.05, 0) is 25.0 Å². The second-order valence-electron chi connectivity index (χ2n) is 5.03. The van der Waals surface area contributed by atoms with Crippen LogP contribution in [0.3, 0.4) is 0 Å². The molecule has 0 radical (unpaired) electrons. The van der Waals surface area contributed by atoms with Crippen LogP contribution in [0.1, 0.15) is 43.9 Å². The van der Waals surface area contributed by atoms with Gasteiger partial charge in [0.25, 0.3) is 11.8 Å². The van der Waals surface area contributed by atoms with Crippen LogP contribution in [0.15, 0.2) is 30.7 Å². The summed E-state index contributed by atoms with van der Waals surface area (Å²) in [6, 6.07) is 3.38. The van der Waals surface area contributed by atoms with Crippen LogP contribution in [0.2, 0.25) is 0 Å². The highest BCUT2D eigenvalue weighted by Crippen LogP contribution is 2.35. The number of carbonyl (C=O) groups is 2. The first-order valence-corrected chi connectivity index (χ1v) is 7.91. The number of hydrogen-bond acceptors (Lipinski definition) is 5. The van der Waals surface area contributed by atoms with Gasteiger partial charge in [0.2, 0.25) is 0 Å². The Kier molecular flexibility index (Phi) is 4.15. The normalized spacial score (nSPS) is 17.5. The lowest BCUT2D eigenvalue weighted by Gasteiger charge is -2.23. The Morgan fingerprint density at radius 3 is 2.86 bits per heavy atom. The Labute approximate surface area is 132 Å². The molecule has 2 aromatic heterocycles. The van der Waals surface area contributed by atoms with Gasteiger partial charge in [-0.15, -0.1) is 11.3 Å². The SMILES string of the molecule is CNC(=O)c1cnc(C2CCCN2C(=O)c2ccncc2)s1. The fourth-order valence-electron chi connectivity index (χ4n) is 2.60. The Bertz CT molecular complexity index is 686. The molecule has 22 heavy (non-hydrogen) atoms. The van der Waals surface area contributed by atoms with Gasteiger partial charge in [0, 0.05) is 31.5 Å². The van der Waals surface area contributed by atoms with E-state index in [0.29, 0.717) is 17.0 Å². The molecule has 0 aromatic carbocycles. The highest BCUT2D eigenvalue weighted by atomic mass is 32.1. The van der Waals surface area contributed by atoms with Crippen molar-refractivity contribution in [3.63, 3.8) is 0 Å². The average Bonchev–Trinajstić information content (AvgIpc) is 3.22. The van der Waals surface area contributed by atoms with Gasteiger partial charge in [-0.2, -0.15) is 0 Å². The highest BCUT2D eigenvalue weighted by Gasteiger charge is 2.32. The third-order valence-corrected chi connectivity index (χ3v) is 4.80. The smallest absolute Gasteiger partial charge is 0.262 e. The third-order valence-electron chi connectivity index (χ3n) is 3.70. The van der Waals surface area contributed by atoms with Crippen molar-refractivity contribution in [3.8, 4) is 0 Å². The summed E-state index contributed by atoms with van der Waals surface area (Å²) in [5.74, 6) is -0.157. The molecule has 0 bridgehead atoms. The summed E-state index contributed by atoms with van der Waals surface area (Å²) in [4.78, 5) is 35.0. The summed E-state index contributed by atoms with van der Waals surface area (Å²) < 4.78 is 0. The van der Waals surface area contributed by atoms with Crippen molar-refractivity contribution < 1.29 is 9.59 Å². The number of carbonyl (C=O) groups excluding carboxylic acids is 2. The Balaban J connectivity index is 1.83. The molecule has 3 rings (SSSR count). The van der Waals surface area contributed by atoms with E-state index in [2.05, 4.69) is 15.3 Å². The Morgan fingerprint density at radius 1 is 1.36 bits per heavy atom. The number of amides is 2. The first kappa shape index (κ1) is 14.6. The molecule has 1 atom stereocenters. The largest absolute Gasteiger partial charge is 0.354 e. The third kappa shape index (κ3) is 2.71. The van der Waals surface area contributed by atoms with E-state index < -0.39 is 0 Å². The summed E-state index contributed by atoms with van der Waals surface area (Å²) in [6.07, 6.45) is 6.62. The van der Waals surface area contributed by atoms with Gasteiger partial charge in [0.1, 0.15) is 9.88 Å². The molecule has 1 aliphatic rings. The quantitative estimate of drug-likeness (QED) is 0.938. The topological polar surface area (TPSA) is 75.2 Å². The number of nitrogens with zero attached hydrogens (tertiary/aromatic N) is 3. The fourth-order valence-corrected chi connectivity index (χ4v) is 3.61. The number of pyridine rings is 1. The molecular weight excluding hydrogens is 300 g/mol. The zero-order valence-electron chi connectivity index (χ0n) is 12.2. The summed E-state index contributed by atoms with van der Waals surface area (Å²) in [7, 11) is 1.59. The van der Waals surface area contributed by atoms with E-state index in [1.807, 2.05) is 4.90 Å². The molecule has 1 N–H and O–H groups in total. The molecule has 0 aliphatic carbocycles. The zero-order valence-corrected chi connectivity index (χ0v) is 13.0. The molecule has 2 aromatic rings. The minimum absolute atomic E-state index is 0.0124. The van der Waals surface area contributed by atoms with Crippen LogP contribution in [0.4, 0.5) is 0 Å². The summed E-state index contributed by atoms with van der Waals surface area (Å²) in [5.41, 5.74) is 0.630. The number of likely N-dealkylation sites (tertiary alicyclic amines) is 1. The molecule has 6 nitrogen and oxygen atoms in total. The Morgan fingerprint density at radius 2 is 2.14 bits per heavy atom. The first-order chi connectivity index (χ1) is 10.7. The molecule has 114 valence electrons. The van der Waals surface area contributed by atoms with Crippen molar-refractivity contribution in [1.82, 2.24) is 20.2 Å². The van der Waals surface area contributed by atoms with Crippen molar-refractivity contribution in [2.24, 2.45) is 0 Å². The summed E-state index contributed by atoms with van der Waals surface area (Å²) >= 11 is 1.35. The molecule has 1 saturated heterocycles. The lowest BCUT2D eigenvalue weighted by molar-refractivity contribution is 0.0735. The van der Waals surface area contributed by atoms with E-state index in [0.717, 1.165) is 17.8 Å². The van der Waals surface area contributed by atoms with Crippen LogP contribution in [0.5, 0.6) is 0 Å². The minimum atomic E-state index is -0.145. The first-order valence-electron chi connectivity index (χ1n) is 7.09. The van der Waals surface area contributed by atoms with Crippen LogP contribution in [-0.2, 0) is 0 Å². The molecule has 1 unspecified atom stereocenters. The predicted molar refractivity (Wildman–Crippen MR) is 82.8 cm³/mol. The molecule has 0 saturated carbocycles. The van der Waals surface area contributed by atoms with Gasteiger partial charge in [0.05, 0.1) is 12.2 Å². The van der Waals surface area contributed by atoms with E-state index in [1.165, 1.54) is 11.3 Å². The molecule has 2 amide bonds. The number of rotatable bonds is 3. The van der Waals surface area contributed by atoms with Crippen LogP contribution in [-0.4, -0.2) is 40.3 Å². The van der Waals surface area contributed by atoms with Gasteiger partial charge in [-0.1, -0.05) is 0 Å². The monoisotopic (exact) mass is 316 g/mol. The van der Waals surface area contributed by atoms with Crippen molar-refractivity contribution >= 4 is 23.2 Å². The standard InChI is InChI=1S/C15H16N4O2S/c1-16-13(20)12-9-18-14(22-12)11-3-2-8-19(11)15(21)10-4-6-17-7-5-10/h4-7,9,11H,2-3,8H2,1H3,(H,16,20). The highest BCUT2D eigenvalue weighted by molar-refractivity contribution is 7.13. The molecule has 1 aliphatic heterocycles. The van der Waals surface area contributed by atoms with Gasteiger partial charge < -0.3 is 10.2 Å². The van der Waals surface area contributed by atoms with E-state index >= 15 is 0 Å². The Hall–Kier alpha value is -2.28. The van der Waals surface area contributed by atoms with Crippen LogP contribution < -0.4 is 5.32 Å². The number of nitrogens with one attached hydrogen (secondary N) is 1. The van der Waals surface area contributed by atoms with E-state index in [1.54, 1.807) is 37.8 Å². The van der Waals surface area contributed by atoms with E-state index in [-0.39, 0.29) is 17.9 Å². The molecule has 3 heterocycles. The van der Waals surface area contributed by atoms with Gasteiger partial charge in [-0.3, -0.25) is 14.6 Å². The lowest BCUT2D eigenvalue weighted by atomic mass is 10.2. The molecule has 1 fully saturated rings. The van der Waals surface area contributed by atoms with Crippen molar-refractivity contribution in [2.75, 3.05) is 13.6 Å². The second-order valence-corrected chi connectivity index (χ2v) is 6.10. The van der Waals surface area contributed by atoms with E-state index in [4.69, 9.17) is 0 Å². The average molecular weight is 316 g/mol. The molecule has 7 heteroatoms. The maximum atomic E-state index is 12.6. The number of thiazole rings is 1. The zero-order chi connectivity index (χ0) is 15.5. The maximum Gasteiger partial charge on any atom is 0.262 e. The summed E-state index contributed by atoms with van der Waals surface area (Å²) in [6.45, 7) is 0.709. The molecule has 0 spiro atoms. The van der Waals surface area contributed by atoms with Crippen molar-refractivity contribution in [3.05, 3.63) is 46.2 Å². The van der Waals surface area contributed by atoms with Gasteiger partial charge in [0.15, 0.2) is 0 Å². The lowest BCUT2D eigenvalue weighted by Crippen LogP contribution is -2.30. The minimum Gasteiger partial charge on any atom is -0.354 e. The predicted octanol–water partition coefficient (Wildman–Crippen LogP) is 1.88. The van der Waals surface area contributed by atoms with Gasteiger partial charge in [-0.25, -0.2) is 4.98 Å². The van der Waals surface area contributed by atoms with Crippen LogP contribution in [0, 0.1) is 0 Å². The maximum absolute atomic E-state index is 12.6. The van der Waals surface area contributed by atoms with Crippen LogP contribution in [0.25, 0.3) is 0 Å². The number of aromatic nitrogens is 2.